The van der Waals surface area contributed by atoms with Gasteiger partial charge in [0, 0.05) is 15.7 Å². The van der Waals surface area contributed by atoms with Crippen molar-refractivity contribution in [2.45, 2.75) is 32.5 Å². The molecular weight excluding hydrogens is 337 g/mol. The van der Waals surface area contributed by atoms with Crippen molar-refractivity contribution in [1.29, 1.82) is 0 Å². The van der Waals surface area contributed by atoms with Gasteiger partial charge in [0.25, 0.3) is 0 Å². The fourth-order valence-electron chi connectivity index (χ4n) is 1.38. The first-order chi connectivity index (χ1) is 8.97. The molecule has 0 bridgehead atoms. The molecule has 0 spiro atoms. The first-order valence-corrected chi connectivity index (χ1v) is 6.69. The number of carbonyl (C=O) groups is 1. The zero-order valence-corrected chi connectivity index (χ0v) is 12.9. The van der Waals surface area contributed by atoms with Gasteiger partial charge < -0.3 is 10.6 Å². The molecule has 0 heterocycles. The van der Waals surface area contributed by atoms with E-state index in [0.717, 1.165) is 12.1 Å². The van der Waals surface area contributed by atoms with Crippen LogP contribution in [0.3, 0.4) is 0 Å². The molecule has 1 aromatic rings. The molecule has 1 amide bonds. The average Bonchev–Trinajstić information content (AvgIpc) is 2.23. The van der Waals surface area contributed by atoms with Crippen molar-refractivity contribution in [2.75, 3.05) is 11.9 Å². The molecule has 0 aromatic heterocycles. The maximum absolute atomic E-state index is 12.6. The molecule has 3 nitrogen and oxygen atoms in total. The standard InChI is InChI=1S/C13H16BrF3N2O/c1-12(2,3)18-7-11(20)19-10-5-8(13(15,16)17)4-9(14)6-10/h4-6,18H,7H2,1-3H3,(H,19,20). The highest BCUT2D eigenvalue weighted by atomic mass is 79.9. The second-order valence-electron chi connectivity index (χ2n) is 5.38. The predicted molar refractivity (Wildman–Crippen MR) is 75.5 cm³/mol. The van der Waals surface area contributed by atoms with Crippen molar-refractivity contribution in [2.24, 2.45) is 0 Å². The molecule has 0 unspecified atom stereocenters. The Morgan fingerprint density at radius 3 is 2.30 bits per heavy atom. The number of carbonyl (C=O) groups excluding carboxylic acids is 1. The zero-order chi connectivity index (χ0) is 15.6. The third-order valence-corrected chi connectivity index (χ3v) is 2.75. The Bertz CT molecular complexity index is 495. The number of hydrogen-bond donors (Lipinski definition) is 2. The number of rotatable bonds is 3. The number of alkyl halides is 3. The van der Waals surface area contributed by atoms with E-state index in [0.29, 0.717) is 0 Å². The van der Waals surface area contributed by atoms with Crippen LogP contribution in [0.15, 0.2) is 22.7 Å². The number of hydrogen-bond acceptors (Lipinski definition) is 2. The van der Waals surface area contributed by atoms with Crippen LogP contribution < -0.4 is 10.6 Å². The van der Waals surface area contributed by atoms with Crippen LogP contribution in [0.5, 0.6) is 0 Å². The number of halogens is 4. The first kappa shape index (κ1) is 17.0. The molecule has 1 rings (SSSR count). The Hall–Kier alpha value is -1.08. The number of benzene rings is 1. The van der Waals surface area contributed by atoms with Gasteiger partial charge >= 0.3 is 6.18 Å². The lowest BCUT2D eigenvalue weighted by molar-refractivity contribution is -0.137. The van der Waals surface area contributed by atoms with E-state index in [1.165, 1.54) is 6.07 Å². The quantitative estimate of drug-likeness (QED) is 0.868. The van der Waals surface area contributed by atoms with Gasteiger partial charge in [-0.3, -0.25) is 4.79 Å². The van der Waals surface area contributed by atoms with Crippen LogP contribution in [0.25, 0.3) is 0 Å². The summed E-state index contributed by atoms with van der Waals surface area (Å²) in [7, 11) is 0. The molecule has 0 fully saturated rings. The Morgan fingerprint density at radius 2 is 1.80 bits per heavy atom. The summed E-state index contributed by atoms with van der Waals surface area (Å²) < 4.78 is 38.2. The largest absolute Gasteiger partial charge is 0.416 e. The van der Waals surface area contributed by atoms with Crippen LogP contribution in [-0.4, -0.2) is 18.0 Å². The molecule has 0 aliphatic rings. The summed E-state index contributed by atoms with van der Waals surface area (Å²) in [5.74, 6) is -0.397. The first-order valence-electron chi connectivity index (χ1n) is 5.90. The van der Waals surface area contributed by atoms with Crippen molar-refractivity contribution in [3.05, 3.63) is 28.2 Å². The smallest absolute Gasteiger partial charge is 0.325 e. The fourth-order valence-corrected chi connectivity index (χ4v) is 1.87. The topological polar surface area (TPSA) is 41.1 Å². The third-order valence-electron chi connectivity index (χ3n) is 2.29. The van der Waals surface area contributed by atoms with Crippen LogP contribution in [0.4, 0.5) is 18.9 Å². The summed E-state index contributed by atoms with van der Waals surface area (Å²) in [5.41, 5.74) is -0.954. The van der Waals surface area contributed by atoms with Crippen LogP contribution >= 0.6 is 15.9 Å². The molecule has 2 N–H and O–H groups in total. The average molecular weight is 353 g/mol. The van der Waals surface area contributed by atoms with E-state index in [4.69, 9.17) is 0 Å². The molecule has 0 aliphatic heterocycles. The highest BCUT2D eigenvalue weighted by molar-refractivity contribution is 9.10. The summed E-state index contributed by atoms with van der Waals surface area (Å²) in [6.45, 7) is 5.70. The van der Waals surface area contributed by atoms with E-state index in [-0.39, 0.29) is 22.2 Å². The minimum Gasteiger partial charge on any atom is -0.325 e. The third kappa shape index (κ3) is 5.92. The van der Waals surface area contributed by atoms with E-state index in [2.05, 4.69) is 26.6 Å². The highest BCUT2D eigenvalue weighted by Crippen LogP contribution is 2.33. The van der Waals surface area contributed by atoms with Gasteiger partial charge in [-0.05, 0) is 39.0 Å². The van der Waals surface area contributed by atoms with Crippen LogP contribution in [0.1, 0.15) is 26.3 Å². The van der Waals surface area contributed by atoms with E-state index in [1.54, 1.807) is 0 Å². The molecule has 112 valence electrons. The fraction of sp³-hybridized carbons (Fsp3) is 0.462. The van der Waals surface area contributed by atoms with Crippen molar-refractivity contribution in [1.82, 2.24) is 5.32 Å². The predicted octanol–water partition coefficient (Wildman–Crippen LogP) is 3.79. The lowest BCUT2D eigenvalue weighted by Gasteiger charge is -2.20. The molecule has 0 radical (unpaired) electrons. The van der Waals surface area contributed by atoms with Gasteiger partial charge in [0.15, 0.2) is 0 Å². The van der Waals surface area contributed by atoms with Crippen molar-refractivity contribution in [3.8, 4) is 0 Å². The van der Waals surface area contributed by atoms with Crippen molar-refractivity contribution >= 4 is 27.5 Å². The Labute approximate surface area is 124 Å². The summed E-state index contributed by atoms with van der Waals surface area (Å²) in [4.78, 5) is 11.7. The molecule has 20 heavy (non-hydrogen) atoms. The van der Waals surface area contributed by atoms with Gasteiger partial charge in [0.2, 0.25) is 5.91 Å². The summed E-state index contributed by atoms with van der Waals surface area (Å²) in [5, 5.41) is 5.39. The van der Waals surface area contributed by atoms with E-state index < -0.39 is 17.6 Å². The Balaban J connectivity index is 2.78. The maximum atomic E-state index is 12.6. The van der Waals surface area contributed by atoms with Crippen LogP contribution in [-0.2, 0) is 11.0 Å². The van der Waals surface area contributed by atoms with Gasteiger partial charge in [0.05, 0.1) is 12.1 Å². The van der Waals surface area contributed by atoms with Gasteiger partial charge in [-0.15, -0.1) is 0 Å². The molecule has 7 heteroatoms. The minimum atomic E-state index is -4.45. The Morgan fingerprint density at radius 1 is 1.20 bits per heavy atom. The number of anilines is 1. The summed E-state index contributed by atoms with van der Waals surface area (Å²) >= 11 is 3.00. The summed E-state index contributed by atoms with van der Waals surface area (Å²) in [6.07, 6.45) is -4.45. The second-order valence-corrected chi connectivity index (χ2v) is 6.29. The maximum Gasteiger partial charge on any atom is 0.416 e. The van der Waals surface area contributed by atoms with E-state index in [1.807, 2.05) is 20.8 Å². The van der Waals surface area contributed by atoms with Gasteiger partial charge in [-0.25, -0.2) is 0 Å². The van der Waals surface area contributed by atoms with Crippen molar-refractivity contribution < 1.29 is 18.0 Å². The van der Waals surface area contributed by atoms with Gasteiger partial charge in [0.1, 0.15) is 0 Å². The minimum absolute atomic E-state index is 0.0252. The summed E-state index contributed by atoms with van der Waals surface area (Å²) in [6, 6.07) is 3.28. The lowest BCUT2D eigenvalue weighted by atomic mass is 10.1. The van der Waals surface area contributed by atoms with Crippen LogP contribution in [0.2, 0.25) is 0 Å². The Kier molecular flexibility index (Phi) is 5.21. The number of amides is 1. The SMILES string of the molecule is CC(C)(C)NCC(=O)Nc1cc(Br)cc(C(F)(F)F)c1. The van der Waals surface area contributed by atoms with Gasteiger partial charge in [-0.2, -0.15) is 13.2 Å². The molecule has 0 saturated heterocycles. The molecule has 0 aliphatic carbocycles. The van der Waals surface area contributed by atoms with Crippen LogP contribution in [0, 0.1) is 0 Å². The zero-order valence-electron chi connectivity index (χ0n) is 11.4. The van der Waals surface area contributed by atoms with Crippen molar-refractivity contribution in [3.63, 3.8) is 0 Å². The molecule has 0 saturated carbocycles. The second kappa shape index (κ2) is 6.13. The van der Waals surface area contributed by atoms with E-state index >= 15 is 0 Å². The molecule has 0 atom stereocenters. The number of nitrogens with one attached hydrogen (secondary N) is 2. The van der Waals surface area contributed by atoms with E-state index in [9.17, 15) is 18.0 Å². The monoisotopic (exact) mass is 352 g/mol. The van der Waals surface area contributed by atoms with Gasteiger partial charge in [-0.1, -0.05) is 15.9 Å². The lowest BCUT2D eigenvalue weighted by Crippen LogP contribution is -2.41. The highest BCUT2D eigenvalue weighted by Gasteiger charge is 2.31. The normalized spacial score (nSPS) is 12.3. The molecule has 1 aromatic carbocycles. The molecular formula is C13H16BrF3N2O.